The molecule has 4 nitrogen and oxygen atoms in total. The van der Waals surface area contributed by atoms with Gasteiger partial charge in [-0.2, -0.15) is 0 Å². The maximum absolute atomic E-state index is 13.7. The molecule has 0 radical (unpaired) electrons. The number of carbonyl (C=O) groups is 1. The highest BCUT2D eigenvalue weighted by Crippen LogP contribution is 2.32. The first-order chi connectivity index (χ1) is 15.7. The molecule has 0 aliphatic carbocycles. The van der Waals surface area contributed by atoms with Gasteiger partial charge in [0.2, 0.25) is 5.91 Å². The summed E-state index contributed by atoms with van der Waals surface area (Å²) in [6.45, 7) is 6.28. The van der Waals surface area contributed by atoms with Crippen molar-refractivity contribution in [3.63, 3.8) is 0 Å². The maximum Gasteiger partial charge on any atom is 0.228 e. The topological polar surface area (TPSA) is 28.0 Å². The van der Waals surface area contributed by atoms with E-state index in [2.05, 4.69) is 113 Å². The van der Waals surface area contributed by atoms with Gasteiger partial charge in [0.15, 0.2) is 0 Å². The molecule has 3 aromatic rings. The van der Waals surface area contributed by atoms with Crippen LogP contribution in [0.25, 0.3) is 0 Å². The number of carbonyl (C=O) groups excluding carboxylic acids is 1. The van der Waals surface area contributed by atoms with Gasteiger partial charge in [0.05, 0.1) is 26.6 Å². The van der Waals surface area contributed by atoms with Crippen LogP contribution in [0.1, 0.15) is 42.1 Å². The second kappa shape index (κ2) is 10.7. The van der Waals surface area contributed by atoms with Crippen LogP contribution < -0.4 is 9.80 Å². The van der Waals surface area contributed by atoms with E-state index in [1.54, 1.807) is 0 Å². The zero-order chi connectivity index (χ0) is 24.1. The van der Waals surface area contributed by atoms with Crippen LogP contribution in [0.3, 0.4) is 0 Å². The van der Waals surface area contributed by atoms with E-state index in [0.29, 0.717) is 6.42 Å². The molecular formula is C29H38N3O+. The van der Waals surface area contributed by atoms with Crippen molar-refractivity contribution in [3.05, 3.63) is 95.1 Å². The lowest BCUT2D eigenvalue weighted by Crippen LogP contribution is -3.00. The van der Waals surface area contributed by atoms with E-state index in [1.165, 1.54) is 16.2 Å². The average Bonchev–Trinajstić information content (AvgIpc) is 2.78. The predicted molar refractivity (Wildman–Crippen MR) is 138 cm³/mol. The Bertz CT molecular complexity index is 984. The van der Waals surface area contributed by atoms with Crippen molar-refractivity contribution >= 4 is 17.3 Å². The maximum atomic E-state index is 13.7. The van der Waals surface area contributed by atoms with Crippen LogP contribution in [0, 0.1) is 6.92 Å². The highest BCUT2D eigenvalue weighted by atomic mass is 16.2. The summed E-state index contributed by atoms with van der Waals surface area (Å²) in [6, 6.07) is 25.4. The molecule has 0 aliphatic rings. The van der Waals surface area contributed by atoms with Crippen LogP contribution >= 0.6 is 0 Å². The van der Waals surface area contributed by atoms with Gasteiger partial charge in [0.25, 0.3) is 0 Å². The van der Waals surface area contributed by atoms with Gasteiger partial charge in [0, 0.05) is 25.8 Å². The highest BCUT2D eigenvalue weighted by molar-refractivity contribution is 5.80. The van der Waals surface area contributed by atoms with Gasteiger partial charge in [-0.25, -0.2) is 0 Å². The van der Waals surface area contributed by atoms with Gasteiger partial charge in [-0.3, -0.25) is 4.79 Å². The summed E-state index contributed by atoms with van der Waals surface area (Å²) in [7, 11) is 8.33. The number of hydrogen-bond donors (Lipinski definition) is 1. The van der Waals surface area contributed by atoms with E-state index in [-0.39, 0.29) is 18.0 Å². The summed E-state index contributed by atoms with van der Waals surface area (Å²) >= 11 is 0. The smallest absolute Gasteiger partial charge is 0.228 e. The molecule has 1 N–H and O–H groups in total. The van der Waals surface area contributed by atoms with Crippen LogP contribution in [0.15, 0.2) is 72.8 Å². The minimum absolute atomic E-state index is 0.0561. The number of hydrogen-bond acceptors (Lipinski definition) is 2. The Labute approximate surface area is 199 Å². The minimum atomic E-state index is -0.148. The summed E-state index contributed by atoms with van der Waals surface area (Å²) in [5.41, 5.74) is 6.87. The van der Waals surface area contributed by atoms with Crippen LogP contribution in [-0.2, 0) is 11.2 Å². The van der Waals surface area contributed by atoms with Gasteiger partial charge in [-0.1, -0.05) is 54.1 Å². The Morgan fingerprint density at radius 3 is 1.79 bits per heavy atom. The molecule has 33 heavy (non-hydrogen) atoms. The van der Waals surface area contributed by atoms with Crippen LogP contribution in [-0.4, -0.2) is 45.0 Å². The second-order valence-electron chi connectivity index (χ2n) is 9.57. The average molecular weight is 445 g/mol. The lowest BCUT2D eigenvalue weighted by molar-refractivity contribution is -0.786. The fraction of sp³-hybridized carbons (Fsp3) is 0.345. The third-order valence-electron chi connectivity index (χ3n) is 6.13. The molecule has 0 heterocycles. The number of rotatable bonds is 8. The summed E-state index contributed by atoms with van der Waals surface area (Å²) < 4.78 is 0. The Hall–Kier alpha value is -3.11. The molecule has 0 bridgehead atoms. The number of aryl methyl sites for hydroxylation is 1. The molecule has 0 spiro atoms. The fourth-order valence-electron chi connectivity index (χ4n) is 4.17. The van der Waals surface area contributed by atoms with Crippen molar-refractivity contribution in [2.24, 2.45) is 0 Å². The van der Waals surface area contributed by atoms with Gasteiger partial charge in [-0.15, -0.1) is 0 Å². The molecule has 0 aromatic heterocycles. The monoisotopic (exact) mass is 444 g/mol. The molecule has 0 fully saturated rings. The third kappa shape index (κ3) is 6.02. The Balaban J connectivity index is 2.03. The zero-order valence-corrected chi connectivity index (χ0v) is 21.1. The SMILES string of the molecule is Cc1ccc(CC(=O)N(C(C)C)C(c2ccc(N(C)C)cc2)c2ccc([NH+](C)C)cc2)cc1. The molecule has 3 aromatic carbocycles. The number of nitrogens with zero attached hydrogens (tertiary/aromatic N) is 2. The number of benzene rings is 3. The van der Waals surface area contributed by atoms with Crippen LogP contribution in [0.2, 0.25) is 0 Å². The van der Waals surface area contributed by atoms with E-state index in [4.69, 9.17) is 0 Å². The molecule has 1 atom stereocenters. The summed E-state index contributed by atoms with van der Waals surface area (Å²) in [6.07, 6.45) is 0.394. The second-order valence-corrected chi connectivity index (χ2v) is 9.57. The molecule has 1 unspecified atom stereocenters. The molecule has 174 valence electrons. The molecule has 0 saturated carbocycles. The Morgan fingerprint density at radius 1 is 0.818 bits per heavy atom. The van der Waals surface area contributed by atoms with E-state index >= 15 is 0 Å². The van der Waals surface area contributed by atoms with Gasteiger partial charge in [-0.05, 0) is 61.7 Å². The quantitative estimate of drug-likeness (QED) is 0.558. The van der Waals surface area contributed by atoms with Crippen molar-refractivity contribution in [2.75, 3.05) is 33.1 Å². The van der Waals surface area contributed by atoms with E-state index in [0.717, 1.165) is 22.4 Å². The predicted octanol–water partition coefficient (Wildman–Crippen LogP) is 4.41. The van der Waals surface area contributed by atoms with Crippen LogP contribution in [0.4, 0.5) is 11.4 Å². The summed E-state index contributed by atoms with van der Waals surface area (Å²) in [5.74, 6) is 0.137. The standard InChI is InChI=1S/C29H37N3O/c1-21(2)32(28(33)20-23-10-8-22(3)9-11-23)29(24-12-16-26(17-13-24)30(4)5)25-14-18-27(19-15-25)31(6)7/h8-19,21,29H,20H2,1-7H3/p+1. The number of quaternary nitrogens is 1. The number of amides is 1. The first-order valence-corrected chi connectivity index (χ1v) is 11.7. The van der Waals surface area contributed by atoms with Crippen molar-refractivity contribution in [1.29, 1.82) is 0 Å². The molecule has 1 amide bonds. The van der Waals surface area contributed by atoms with Crippen molar-refractivity contribution < 1.29 is 9.69 Å². The van der Waals surface area contributed by atoms with Crippen molar-refractivity contribution in [1.82, 2.24) is 4.90 Å². The Morgan fingerprint density at radius 2 is 1.33 bits per heavy atom. The molecule has 0 saturated heterocycles. The summed E-state index contributed by atoms with van der Waals surface area (Å²) in [5, 5.41) is 0. The first kappa shape index (κ1) is 24.5. The zero-order valence-electron chi connectivity index (χ0n) is 21.1. The van der Waals surface area contributed by atoms with Gasteiger partial charge in [0.1, 0.15) is 5.69 Å². The Kier molecular flexibility index (Phi) is 7.93. The lowest BCUT2D eigenvalue weighted by atomic mass is 9.94. The van der Waals surface area contributed by atoms with E-state index in [9.17, 15) is 4.79 Å². The van der Waals surface area contributed by atoms with Gasteiger partial charge >= 0.3 is 0 Å². The fourth-order valence-corrected chi connectivity index (χ4v) is 4.17. The van der Waals surface area contributed by atoms with E-state index in [1.807, 2.05) is 19.0 Å². The molecular weight excluding hydrogens is 406 g/mol. The lowest BCUT2D eigenvalue weighted by Gasteiger charge is -2.36. The van der Waals surface area contributed by atoms with Crippen LogP contribution in [0.5, 0.6) is 0 Å². The van der Waals surface area contributed by atoms with Crippen molar-refractivity contribution in [3.8, 4) is 0 Å². The minimum Gasteiger partial charge on any atom is -0.378 e. The van der Waals surface area contributed by atoms with E-state index < -0.39 is 0 Å². The molecule has 3 rings (SSSR count). The molecule has 4 heteroatoms. The summed E-state index contributed by atoms with van der Waals surface area (Å²) in [4.78, 5) is 19.1. The highest BCUT2D eigenvalue weighted by Gasteiger charge is 2.29. The normalized spacial score (nSPS) is 12.2. The van der Waals surface area contributed by atoms with Gasteiger partial charge < -0.3 is 14.7 Å². The van der Waals surface area contributed by atoms with Crippen molar-refractivity contribution in [2.45, 2.75) is 39.3 Å². The first-order valence-electron chi connectivity index (χ1n) is 11.7. The third-order valence-corrected chi connectivity index (χ3v) is 6.13. The molecule has 0 aliphatic heterocycles. The number of anilines is 1. The number of nitrogens with one attached hydrogen (secondary N) is 1. The largest absolute Gasteiger partial charge is 0.378 e.